The molecule has 0 bridgehead atoms. The van der Waals surface area contributed by atoms with Crippen molar-refractivity contribution >= 4 is 68.1 Å². The van der Waals surface area contributed by atoms with Gasteiger partial charge in [0.1, 0.15) is 0 Å². The Morgan fingerprint density at radius 1 is 0.312 bits per heavy atom. The van der Waals surface area contributed by atoms with Crippen molar-refractivity contribution in [2.24, 2.45) is 0 Å². The number of fused-ring (bicyclic) bond motifs is 6. The highest BCUT2D eigenvalue weighted by atomic mass is 16.6. The van der Waals surface area contributed by atoms with Gasteiger partial charge in [-0.1, -0.05) is 39.5 Å². The molecule has 0 heterocycles. The highest BCUT2D eigenvalue weighted by Crippen LogP contribution is 2.47. The van der Waals surface area contributed by atoms with Crippen LogP contribution in [0.4, 0.5) is 0 Å². The van der Waals surface area contributed by atoms with Crippen LogP contribution in [0.25, 0.3) is 32.3 Å². The molecule has 0 unspecified atom stereocenters. The van der Waals surface area contributed by atoms with Gasteiger partial charge >= 0.3 is 35.8 Å². The van der Waals surface area contributed by atoms with Crippen molar-refractivity contribution < 1.29 is 57.2 Å². The van der Waals surface area contributed by atoms with Crippen LogP contribution in [-0.4, -0.2) is 35.8 Å². The molecule has 0 aliphatic rings. The predicted octanol–water partition coefficient (Wildman–Crippen LogP) is 5.69. The third-order valence-electron chi connectivity index (χ3n) is 6.39. The lowest BCUT2D eigenvalue weighted by atomic mass is 9.93. The maximum absolute atomic E-state index is 12.3. The first-order chi connectivity index (χ1) is 23.0. The lowest BCUT2D eigenvalue weighted by Crippen LogP contribution is -2.10. The van der Waals surface area contributed by atoms with Crippen molar-refractivity contribution in [1.82, 2.24) is 0 Å². The van der Waals surface area contributed by atoms with Gasteiger partial charge in [-0.25, -0.2) is 28.8 Å². The first-order valence-corrected chi connectivity index (χ1v) is 13.6. The van der Waals surface area contributed by atoms with Gasteiger partial charge in [-0.3, -0.25) is 0 Å². The fourth-order valence-corrected chi connectivity index (χ4v) is 4.40. The van der Waals surface area contributed by atoms with E-state index in [4.69, 9.17) is 28.4 Å². The van der Waals surface area contributed by atoms with Crippen LogP contribution in [0.5, 0.6) is 34.5 Å². The molecule has 0 N–H and O–H groups in total. The average molecular weight is 649 g/mol. The van der Waals surface area contributed by atoms with Gasteiger partial charge in [-0.05, 0) is 68.7 Å². The minimum Gasteiger partial charge on any atom is -0.419 e. The van der Waals surface area contributed by atoms with E-state index in [-0.39, 0.29) is 34.5 Å². The Labute approximate surface area is 272 Å². The smallest absolute Gasteiger partial charge is 0.335 e. The largest absolute Gasteiger partial charge is 0.419 e. The number of hydrogen-bond acceptors (Lipinski definition) is 12. The summed E-state index contributed by atoms with van der Waals surface area (Å²) < 4.78 is 32.3. The molecule has 4 rings (SSSR count). The molecule has 0 radical (unpaired) electrons. The molecule has 12 nitrogen and oxygen atoms in total. The number of benzene rings is 4. The Bertz CT molecular complexity index is 1730. The minimum atomic E-state index is -0.887. The van der Waals surface area contributed by atoms with Crippen LogP contribution < -0.4 is 28.4 Å². The van der Waals surface area contributed by atoms with Crippen molar-refractivity contribution in [3.63, 3.8) is 0 Å². The molecular weight excluding hydrogens is 624 g/mol. The maximum Gasteiger partial charge on any atom is 0.335 e. The number of ether oxygens (including phenoxy) is 6. The van der Waals surface area contributed by atoms with E-state index in [1.165, 1.54) is 36.4 Å². The van der Waals surface area contributed by atoms with Gasteiger partial charge in [0.05, 0.1) is 0 Å². The molecule has 0 saturated carbocycles. The van der Waals surface area contributed by atoms with E-state index < -0.39 is 35.8 Å². The average Bonchev–Trinajstić information content (AvgIpc) is 3.08. The summed E-state index contributed by atoms with van der Waals surface area (Å²) in [5, 5.41) is 1.82. The fourth-order valence-electron chi connectivity index (χ4n) is 4.40. The molecular formula is C36H24O12. The summed E-state index contributed by atoms with van der Waals surface area (Å²) in [7, 11) is 0. The lowest BCUT2D eigenvalue weighted by molar-refractivity contribution is -0.131. The Hall–Kier alpha value is -7.08. The van der Waals surface area contributed by atoms with Gasteiger partial charge in [0, 0.05) is 36.5 Å². The summed E-state index contributed by atoms with van der Waals surface area (Å²) in [6.07, 6.45) is 5.34. The van der Waals surface area contributed by atoms with Crippen LogP contribution in [-0.2, 0) is 28.8 Å². The normalized spacial score (nSPS) is 10.2. The first kappa shape index (κ1) is 33.8. The van der Waals surface area contributed by atoms with Gasteiger partial charge in [-0.15, -0.1) is 0 Å². The summed E-state index contributed by atoms with van der Waals surface area (Å²) in [4.78, 5) is 73.7. The van der Waals surface area contributed by atoms with Crippen LogP contribution in [0.3, 0.4) is 0 Å². The Balaban J connectivity index is 2.28. The Kier molecular flexibility index (Phi) is 10.1. The van der Waals surface area contributed by atoms with E-state index in [1.54, 1.807) is 0 Å². The van der Waals surface area contributed by atoms with Crippen LogP contribution in [0.1, 0.15) is 0 Å². The van der Waals surface area contributed by atoms with Crippen LogP contribution in [0, 0.1) is 0 Å². The Morgan fingerprint density at radius 2 is 0.438 bits per heavy atom. The molecule has 240 valence electrons. The van der Waals surface area contributed by atoms with Crippen LogP contribution in [0.2, 0.25) is 0 Å². The number of rotatable bonds is 12. The minimum absolute atomic E-state index is 0.218. The van der Waals surface area contributed by atoms with Crippen LogP contribution in [0.15, 0.2) is 112 Å². The summed E-state index contributed by atoms with van der Waals surface area (Å²) in [6, 6.07) is 8.17. The highest BCUT2D eigenvalue weighted by molar-refractivity contribution is 6.27. The molecule has 0 spiro atoms. The maximum atomic E-state index is 12.3. The van der Waals surface area contributed by atoms with E-state index in [2.05, 4.69) is 39.5 Å². The zero-order valence-electron chi connectivity index (χ0n) is 25.1. The second-order valence-electron chi connectivity index (χ2n) is 9.28. The molecule has 0 aliphatic heterocycles. The highest BCUT2D eigenvalue weighted by Gasteiger charge is 2.23. The number of esters is 6. The lowest BCUT2D eigenvalue weighted by Gasteiger charge is -2.18. The second-order valence-corrected chi connectivity index (χ2v) is 9.28. The molecule has 12 heteroatoms. The Morgan fingerprint density at radius 3 is 0.542 bits per heavy atom. The standard InChI is InChI=1S/C36H24O12/c1-7-31(37)43-25-13-19-20(14-26(25)44-32(38)8-2)22-16-28(46-34(40)10-4)30(48-36(42)12-6)18-24(22)23-17-29(47-35(41)11-5)27(15-21(19)23)45-33(39)9-3/h7-18H,1-6H2. The van der Waals surface area contributed by atoms with Gasteiger partial charge in [0.2, 0.25) is 0 Å². The number of carbonyl (C=O) groups is 6. The summed E-state index contributed by atoms with van der Waals surface area (Å²) >= 11 is 0. The van der Waals surface area contributed by atoms with Gasteiger partial charge in [0.25, 0.3) is 0 Å². The molecule has 0 amide bonds. The SMILES string of the molecule is C=CC(=O)Oc1cc2c3cc(OC(=O)C=C)c(OC(=O)C=C)cc3c3cc(OC(=O)C=C)c(OC(=O)C=C)cc3c2cc1OC(=O)C=C. The number of hydrogen-bond donors (Lipinski definition) is 0. The van der Waals surface area contributed by atoms with Crippen LogP contribution >= 0.6 is 0 Å². The zero-order chi connectivity index (χ0) is 35.1. The second kappa shape index (κ2) is 14.3. The summed E-state index contributed by atoms with van der Waals surface area (Å²) in [5.41, 5.74) is 0. The van der Waals surface area contributed by atoms with Crippen molar-refractivity contribution in [3.05, 3.63) is 112 Å². The fraction of sp³-hybridized carbons (Fsp3) is 0. The monoisotopic (exact) mass is 648 g/mol. The molecule has 0 aromatic heterocycles. The van der Waals surface area contributed by atoms with E-state index in [9.17, 15) is 28.8 Å². The summed E-state index contributed by atoms with van der Waals surface area (Å²) in [6.45, 7) is 20.3. The third-order valence-corrected chi connectivity index (χ3v) is 6.39. The quantitative estimate of drug-likeness (QED) is 0.0800. The van der Waals surface area contributed by atoms with E-state index >= 15 is 0 Å². The van der Waals surface area contributed by atoms with Gasteiger partial charge in [0.15, 0.2) is 34.5 Å². The molecule has 0 saturated heterocycles. The molecule has 4 aromatic carbocycles. The van der Waals surface area contributed by atoms with Gasteiger partial charge in [-0.2, -0.15) is 0 Å². The molecule has 0 fully saturated rings. The van der Waals surface area contributed by atoms with Crippen molar-refractivity contribution in [2.75, 3.05) is 0 Å². The summed E-state index contributed by atoms with van der Waals surface area (Å²) in [5.74, 6) is -6.63. The predicted molar refractivity (Wildman–Crippen MR) is 174 cm³/mol. The molecule has 0 aliphatic carbocycles. The molecule has 48 heavy (non-hydrogen) atoms. The molecule has 4 aromatic rings. The van der Waals surface area contributed by atoms with Crippen molar-refractivity contribution in [2.45, 2.75) is 0 Å². The van der Waals surface area contributed by atoms with E-state index in [0.29, 0.717) is 32.3 Å². The van der Waals surface area contributed by atoms with Crippen molar-refractivity contribution in [3.8, 4) is 34.5 Å². The van der Waals surface area contributed by atoms with E-state index in [0.717, 1.165) is 36.5 Å². The molecule has 0 atom stereocenters. The number of carbonyl (C=O) groups excluding carboxylic acids is 6. The third kappa shape index (κ3) is 7.08. The van der Waals surface area contributed by atoms with E-state index in [1.807, 2.05) is 0 Å². The van der Waals surface area contributed by atoms with Crippen molar-refractivity contribution in [1.29, 1.82) is 0 Å². The first-order valence-electron chi connectivity index (χ1n) is 13.6. The zero-order valence-corrected chi connectivity index (χ0v) is 25.1. The topological polar surface area (TPSA) is 158 Å². The van der Waals surface area contributed by atoms with Gasteiger partial charge < -0.3 is 28.4 Å².